The number of amides is 1. The SMILES string of the molecule is CNC(=O)[C@H](CN(C)C)c1ccc(C)cc1. The van der Waals surface area contributed by atoms with Gasteiger partial charge in [-0.3, -0.25) is 4.79 Å². The minimum absolute atomic E-state index is 0.0672. The molecule has 3 heteroatoms. The largest absolute Gasteiger partial charge is 0.359 e. The molecule has 1 atom stereocenters. The van der Waals surface area contributed by atoms with Crippen LogP contribution >= 0.6 is 0 Å². The van der Waals surface area contributed by atoms with E-state index in [-0.39, 0.29) is 11.8 Å². The van der Waals surface area contributed by atoms with Crippen LogP contribution in [0.4, 0.5) is 0 Å². The zero-order chi connectivity index (χ0) is 12.1. The number of aryl methyl sites for hydroxylation is 1. The number of carbonyl (C=O) groups excluding carboxylic acids is 1. The van der Waals surface area contributed by atoms with Crippen molar-refractivity contribution in [1.29, 1.82) is 0 Å². The highest BCUT2D eigenvalue weighted by atomic mass is 16.1. The van der Waals surface area contributed by atoms with Crippen LogP contribution in [0, 0.1) is 6.92 Å². The molecule has 0 unspecified atom stereocenters. The monoisotopic (exact) mass is 220 g/mol. The Labute approximate surface area is 97.5 Å². The number of nitrogens with one attached hydrogen (secondary N) is 1. The van der Waals surface area contributed by atoms with Crippen LogP contribution < -0.4 is 5.32 Å². The Kier molecular flexibility index (Phi) is 4.50. The second-order valence-electron chi connectivity index (χ2n) is 4.34. The molecule has 0 spiro atoms. The third-order valence-corrected chi connectivity index (χ3v) is 2.59. The quantitative estimate of drug-likeness (QED) is 0.831. The van der Waals surface area contributed by atoms with Crippen molar-refractivity contribution < 1.29 is 4.79 Å². The van der Waals surface area contributed by atoms with E-state index in [0.29, 0.717) is 0 Å². The molecule has 16 heavy (non-hydrogen) atoms. The van der Waals surface area contributed by atoms with E-state index in [1.165, 1.54) is 5.56 Å². The molecule has 1 amide bonds. The first-order chi connectivity index (χ1) is 7.54. The Morgan fingerprint density at radius 1 is 1.31 bits per heavy atom. The number of nitrogens with zero attached hydrogens (tertiary/aromatic N) is 1. The maximum Gasteiger partial charge on any atom is 0.228 e. The van der Waals surface area contributed by atoms with Gasteiger partial charge in [-0.2, -0.15) is 0 Å². The van der Waals surface area contributed by atoms with Gasteiger partial charge in [0.25, 0.3) is 0 Å². The predicted octanol–water partition coefficient (Wildman–Crippen LogP) is 1.39. The summed E-state index contributed by atoms with van der Waals surface area (Å²) in [4.78, 5) is 13.8. The average Bonchev–Trinajstić information content (AvgIpc) is 2.26. The van der Waals surface area contributed by atoms with Crippen molar-refractivity contribution in [3.05, 3.63) is 35.4 Å². The molecule has 88 valence electrons. The highest BCUT2D eigenvalue weighted by Gasteiger charge is 2.19. The van der Waals surface area contributed by atoms with Gasteiger partial charge >= 0.3 is 0 Å². The van der Waals surface area contributed by atoms with Gasteiger partial charge in [0.2, 0.25) is 5.91 Å². The Balaban J connectivity index is 2.91. The Morgan fingerprint density at radius 3 is 2.31 bits per heavy atom. The van der Waals surface area contributed by atoms with Crippen molar-refractivity contribution in [2.45, 2.75) is 12.8 Å². The van der Waals surface area contributed by atoms with E-state index in [4.69, 9.17) is 0 Å². The molecule has 1 rings (SSSR count). The Bertz CT molecular complexity index is 343. The predicted molar refractivity (Wildman–Crippen MR) is 66.5 cm³/mol. The molecule has 0 saturated heterocycles. The van der Waals surface area contributed by atoms with Gasteiger partial charge in [0, 0.05) is 13.6 Å². The second kappa shape index (κ2) is 5.66. The number of rotatable bonds is 4. The van der Waals surface area contributed by atoms with E-state index < -0.39 is 0 Å². The maximum absolute atomic E-state index is 11.8. The maximum atomic E-state index is 11.8. The van der Waals surface area contributed by atoms with E-state index in [1.54, 1.807) is 7.05 Å². The first-order valence-electron chi connectivity index (χ1n) is 5.47. The van der Waals surface area contributed by atoms with Gasteiger partial charge in [-0.05, 0) is 26.6 Å². The van der Waals surface area contributed by atoms with Crippen LogP contribution in [-0.4, -0.2) is 38.5 Å². The summed E-state index contributed by atoms with van der Waals surface area (Å²) >= 11 is 0. The van der Waals surface area contributed by atoms with E-state index in [2.05, 4.69) is 5.32 Å². The van der Waals surface area contributed by atoms with E-state index >= 15 is 0 Å². The summed E-state index contributed by atoms with van der Waals surface area (Å²) in [5.41, 5.74) is 2.28. The fourth-order valence-electron chi connectivity index (χ4n) is 1.68. The van der Waals surface area contributed by atoms with Crippen molar-refractivity contribution in [2.75, 3.05) is 27.7 Å². The molecule has 3 nitrogen and oxygen atoms in total. The van der Waals surface area contributed by atoms with Crippen molar-refractivity contribution in [1.82, 2.24) is 10.2 Å². The number of hydrogen-bond donors (Lipinski definition) is 1. The van der Waals surface area contributed by atoms with Gasteiger partial charge in [0.15, 0.2) is 0 Å². The molecule has 0 radical (unpaired) electrons. The van der Waals surface area contributed by atoms with Gasteiger partial charge in [-0.15, -0.1) is 0 Å². The van der Waals surface area contributed by atoms with Crippen LogP contribution in [-0.2, 0) is 4.79 Å². The molecule has 0 saturated carbocycles. The molecule has 0 fully saturated rings. The van der Waals surface area contributed by atoms with Crippen LogP contribution in [0.5, 0.6) is 0 Å². The van der Waals surface area contributed by atoms with Gasteiger partial charge in [0.05, 0.1) is 5.92 Å². The van der Waals surface area contributed by atoms with Crippen molar-refractivity contribution in [3.8, 4) is 0 Å². The fourth-order valence-corrected chi connectivity index (χ4v) is 1.68. The minimum atomic E-state index is -0.0967. The van der Waals surface area contributed by atoms with Gasteiger partial charge in [0.1, 0.15) is 0 Å². The standard InChI is InChI=1S/C13H20N2O/c1-10-5-7-11(8-6-10)12(9-15(3)4)13(16)14-2/h5-8,12H,9H2,1-4H3,(H,14,16)/t12-/m1/s1. The van der Waals surface area contributed by atoms with Crippen LogP contribution in [0.15, 0.2) is 24.3 Å². The minimum Gasteiger partial charge on any atom is -0.359 e. The van der Waals surface area contributed by atoms with Crippen molar-refractivity contribution in [3.63, 3.8) is 0 Å². The number of benzene rings is 1. The van der Waals surface area contributed by atoms with Crippen molar-refractivity contribution >= 4 is 5.91 Å². The zero-order valence-corrected chi connectivity index (χ0v) is 10.4. The second-order valence-corrected chi connectivity index (χ2v) is 4.34. The zero-order valence-electron chi connectivity index (χ0n) is 10.4. The molecule has 1 N–H and O–H groups in total. The Morgan fingerprint density at radius 2 is 1.88 bits per heavy atom. The number of hydrogen-bond acceptors (Lipinski definition) is 2. The summed E-state index contributed by atoms with van der Waals surface area (Å²) in [5.74, 6) is -0.0295. The van der Waals surface area contributed by atoms with E-state index in [9.17, 15) is 4.79 Å². The molecular formula is C13H20N2O. The summed E-state index contributed by atoms with van der Waals surface area (Å²) < 4.78 is 0. The lowest BCUT2D eigenvalue weighted by Gasteiger charge is -2.20. The first-order valence-corrected chi connectivity index (χ1v) is 5.47. The normalized spacial score (nSPS) is 12.6. The van der Waals surface area contributed by atoms with Gasteiger partial charge in [-0.1, -0.05) is 29.8 Å². The topological polar surface area (TPSA) is 32.3 Å². The van der Waals surface area contributed by atoms with Crippen LogP contribution in [0.1, 0.15) is 17.0 Å². The average molecular weight is 220 g/mol. The summed E-state index contributed by atoms with van der Waals surface area (Å²) in [6.07, 6.45) is 0. The summed E-state index contributed by atoms with van der Waals surface area (Å²) in [6.45, 7) is 2.77. The lowest BCUT2D eigenvalue weighted by molar-refractivity contribution is -0.122. The molecule has 1 aromatic rings. The molecule has 0 aliphatic rings. The third kappa shape index (κ3) is 3.35. The molecule has 0 bridgehead atoms. The van der Waals surface area contributed by atoms with Gasteiger partial charge < -0.3 is 10.2 Å². The third-order valence-electron chi connectivity index (χ3n) is 2.59. The molecular weight excluding hydrogens is 200 g/mol. The molecule has 1 aromatic carbocycles. The van der Waals surface area contributed by atoms with Crippen LogP contribution in [0.25, 0.3) is 0 Å². The van der Waals surface area contributed by atoms with Crippen LogP contribution in [0.2, 0.25) is 0 Å². The lowest BCUT2D eigenvalue weighted by Crippen LogP contribution is -2.33. The Hall–Kier alpha value is -1.35. The highest BCUT2D eigenvalue weighted by molar-refractivity contribution is 5.83. The summed E-state index contributed by atoms with van der Waals surface area (Å²) in [7, 11) is 5.63. The number of carbonyl (C=O) groups is 1. The van der Waals surface area contributed by atoms with Gasteiger partial charge in [-0.25, -0.2) is 0 Å². The molecule has 0 aliphatic heterocycles. The number of likely N-dealkylation sites (N-methyl/N-ethyl adjacent to an activating group) is 2. The lowest BCUT2D eigenvalue weighted by atomic mass is 9.97. The summed E-state index contributed by atoms with van der Waals surface area (Å²) in [5, 5.41) is 2.72. The highest BCUT2D eigenvalue weighted by Crippen LogP contribution is 2.17. The molecule has 0 aliphatic carbocycles. The van der Waals surface area contributed by atoms with E-state index in [1.807, 2.05) is 50.2 Å². The smallest absolute Gasteiger partial charge is 0.228 e. The fraction of sp³-hybridized carbons (Fsp3) is 0.462. The van der Waals surface area contributed by atoms with E-state index in [0.717, 1.165) is 12.1 Å². The summed E-state index contributed by atoms with van der Waals surface area (Å²) in [6, 6.07) is 8.14. The van der Waals surface area contributed by atoms with Crippen molar-refractivity contribution in [2.24, 2.45) is 0 Å². The molecule has 0 aromatic heterocycles. The first kappa shape index (κ1) is 12.7. The molecule has 0 heterocycles. The van der Waals surface area contributed by atoms with Crippen LogP contribution in [0.3, 0.4) is 0 Å².